The molecule has 4 nitrogen and oxygen atoms in total. The Hall–Kier alpha value is -1.38. The van der Waals surface area contributed by atoms with Gasteiger partial charge in [-0.2, -0.15) is 5.26 Å². The van der Waals surface area contributed by atoms with Crippen molar-refractivity contribution in [1.29, 1.82) is 5.26 Å². The molecule has 0 unspecified atom stereocenters. The van der Waals surface area contributed by atoms with E-state index in [4.69, 9.17) is 5.26 Å². The number of hydrogen-bond donors (Lipinski definition) is 2. The van der Waals surface area contributed by atoms with Gasteiger partial charge >= 0.3 is 0 Å². The number of halogens is 1. The van der Waals surface area contributed by atoms with Crippen molar-refractivity contribution in [2.45, 2.75) is 13.0 Å². The number of benzene rings is 1. The Balaban J connectivity index is 2.22. The number of nitrogens with one attached hydrogen (secondary N) is 2. The third-order valence-corrected chi connectivity index (χ3v) is 2.89. The van der Waals surface area contributed by atoms with E-state index < -0.39 is 0 Å². The molecule has 0 saturated heterocycles. The molecule has 5 heteroatoms. The van der Waals surface area contributed by atoms with Gasteiger partial charge in [0.05, 0.1) is 19.0 Å². The van der Waals surface area contributed by atoms with E-state index in [1.165, 1.54) is 0 Å². The minimum atomic E-state index is -0.0905. The summed E-state index contributed by atoms with van der Waals surface area (Å²) < 4.78 is 1.03. The first-order valence-electron chi connectivity index (χ1n) is 5.32. The maximum atomic E-state index is 11.3. The Morgan fingerprint density at radius 1 is 1.41 bits per heavy atom. The van der Waals surface area contributed by atoms with Crippen molar-refractivity contribution in [2.75, 3.05) is 13.1 Å². The highest BCUT2D eigenvalue weighted by atomic mass is 79.9. The van der Waals surface area contributed by atoms with E-state index in [1.807, 2.05) is 30.3 Å². The smallest absolute Gasteiger partial charge is 0.234 e. The van der Waals surface area contributed by atoms with E-state index in [9.17, 15) is 4.79 Å². The standard InChI is InChI=1S/C12H14BrN3O/c13-11-5-2-1-4-10(11)8-15-9-12(17)16-7-3-6-14/h1-2,4-5,15H,3,7-9H2,(H,16,17). The lowest BCUT2D eigenvalue weighted by atomic mass is 10.2. The molecular formula is C12H14BrN3O. The van der Waals surface area contributed by atoms with Crippen LogP contribution in [0, 0.1) is 11.3 Å². The molecule has 0 bridgehead atoms. The lowest BCUT2D eigenvalue weighted by molar-refractivity contribution is -0.120. The summed E-state index contributed by atoms with van der Waals surface area (Å²) >= 11 is 3.44. The van der Waals surface area contributed by atoms with E-state index in [0.717, 1.165) is 10.0 Å². The van der Waals surface area contributed by atoms with Gasteiger partial charge in [-0.15, -0.1) is 0 Å². The van der Waals surface area contributed by atoms with Crippen LogP contribution in [-0.2, 0) is 11.3 Å². The molecule has 17 heavy (non-hydrogen) atoms. The number of nitriles is 1. The van der Waals surface area contributed by atoms with E-state index in [2.05, 4.69) is 26.6 Å². The van der Waals surface area contributed by atoms with Gasteiger partial charge in [0.2, 0.25) is 5.91 Å². The lowest BCUT2D eigenvalue weighted by Crippen LogP contribution is -2.34. The van der Waals surface area contributed by atoms with Crippen LogP contribution in [0.5, 0.6) is 0 Å². The third-order valence-electron chi connectivity index (χ3n) is 2.12. The van der Waals surface area contributed by atoms with Crippen LogP contribution in [0.1, 0.15) is 12.0 Å². The summed E-state index contributed by atoms with van der Waals surface area (Å²) in [5.74, 6) is -0.0905. The molecule has 0 spiro atoms. The zero-order valence-electron chi connectivity index (χ0n) is 9.37. The maximum absolute atomic E-state index is 11.3. The van der Waals surface area contributed by atoms with Crippen LogP contribution < -0.4 is 10.6 Å². The Morgan fingerprint density at radius 2 is 2.18 bits per heavy atom. The fraction of sp³-hybridized carbons (Fsp3) is 0.333. The first-order chi connectivity index (χ1) is 8.24. The number of carbonyl (C=O) groups excluding carboxylic acids is 1. The quantitative estimate of drug-likeness (QED) is 0.783. The fourth-order valence-corrected chi connectivity index (χ4v) is 1.70. The molecule has 90 valence electrons. The largest absolute Gasteiger partial charge is 0.354 e. The van der Waals surface area contributed by atoms with Crippen molar-refractivity contribution in [2.24, 2.45) is 0 Å². The van der Waals surface area contributed by atoms with Crippen LogP contribution in [0.25, 0.3) is 0 Å². The minimum absolute atomic E-state index is 0.0905. The fourth-order valence-electron chi connectivity index (χ4n) is 1.27. The highest BCUT2D eigenvalue weighted by Crippen LogP contribution is 2.14. The van der Waals surface area contributed by atoms with Crippen molar-refractivity contribution in [1.82, 2.24) is 10.6 Å². The van der Waals surface area contributed by atoms with Crippen molar-refractivity contribution in [3.8, 4) is 6.07 Å². The molecule has 0 aliphatic heterocycles. The molecule has 0 atom stereocenters. The number of amides is 1. The normalized spacial score (nSPS) is 9.65. The Bertz CT molecular complexity index is 414. The van der Waals surface area contributed by atoms with Gasteiger partial charge in [0.1, 0.15) is 0 Å². The molecular weight excluding hydrogens is 282 g/mol. The zero-order chi connectivity index (χ0) is 12.5. The van der Waals surface area contributed by atoms with Gasteiger partial charge in [-0.05, 0) is 11.6 Å². The molecule has 1 rings (SSSR count). The third kappa shape index (κ3) is 5.48. The molecule has 2 N–H and O–H groups in total. The van der Waals surface area contributed by atoms with E-state index in [1.54, 1.807) is 0 Å². The molecule has 0 aliphatic carbocycles. The summed E-state index contributed by atoms with van der Waals surface area (Å²) in [5.41, 5.74) is 1.11. The van der Waals surface area contributed by atoms with Gasteiger partial charge in [-0.25, -0.2) is 0 Å². The van der Waals surface area contributed by atoms with Gasteiger partial charge in [-0.3, -0.25) is 4.79 Å². The zero-order valence-corrected chi connectivity index (χ0v) is 11.0. The molecule has 1 amide bonds. The Morgan fingerprint density at radius 3 is 2.88 bits per heavy atom. The summed E-state index contributed by atoms with van der Waals surface area (Å²) in [4.78, 5) is 11.3. The summed E-state index contributed by atoms with van der Waals surface area (Å²) in [6.07, 6.45) is 0.343. The molecule has 0 aromatic heterocycles. The molecule has 0 radical (unpaired) electrons. The first kappa shape index (κ1) is 13.7. The number of hydrogen-bond acceptors (Lipinski definition) is 3. The van der Waals surface area contributed by atoms with Crippen molar-refractivity contribution in [3.63, 3.8) is 0 Å². The number of carbonyl (C=O) groups is 1. The SMILES string of the molecule is N#CCCNC(=O)CNCc1ccccc1Br. The second kappa shape index (κ2) is 7.82. The van der Waals surface area contributed by atoms with Crippen molar-refractivity contribution >= 4 is 21.8 Å². The maximum Gasteiger partial charge on any atom is 0.234 e. The molecule has 1 aromatic rings. The van der Waals surface area contributed by atoms with Crippen LogP contribution >= 0.6 is 15.9 Å². The second-order valence-corrected chi connectivity index (χ2v) is 4.31. The predicted molar refractivity (Wildman–Crippen MR) is 69.1 cm³/mol. The molecule has 0 fully saturated rings. The average molecular weight is 296 g/mol. The monoisotopic (exact) mass is 295 g/mol. The molecule has 0 saturated carbocycles. The molecule has 0 heterocycles. The highest BCUT2D eigenvalue weighted by Gasteiger charge is 2.01. The second-order valence-electron chi connectivity index (χ2n) is 3.45. The van der Waals surface area contributed by atoms with Crippen LogP contribution in [0.3, 0.4) is 0 Å². The van der Waals surface area contributed by atoms with E-state index >= 15 is 0 Å². The van der Waals surface area contributed by atoms with Crippen molar-refractivity contribution < 1.29 is 4.79 Å². The van der Waals surface area contributed by atoms with E-state index in [-0.39, 0.29) is 12.5 Å². The van der Waals surface area contributed by atoms with Gasteiger partial charge in [0.25, 0.3) is 0 Å². The summed E-state index contributed by atoms with van der Waals surface area (Å²) in [7, 11) is 0. The minimum Gasteiger partial charge on any atom is -0.354 e. The molecule has 0 aliphatic rings. The van der Waals surface area contributed by atoms with Crippen LogP contribution in [-0.4, -0.2) is 19.0 Å². The number of rotatable bonds is 6. The van der Waals surface area contributed by atoms with Crippen molar-refractivity contribution in [3.05, 3.63) is 34.3 Å². The predicted octanol–water partition coefficient (Wildman–Crippen LogP) is 1.57. The van der Waals surface area contributed by atoms with E-state index in [0.29, 0.717) is 19.5 Å². The lowest BCUT2D eigenvalue weighted by Gasteiger charge is -2.06. The van der Waals surface area contributed by atoms with Gasteiger partial charge in [0.15, 0.2) is 0 Å². The summed E-state index contributed by atoms with van der Waals surface area (Å²) in [6.45, 7) is 1.30. The first-order valence-corrected chi connectivity index (χ1v) is 6.11. The van der Waals surface area contributed by atoms with Crippen LogP contribution in [0.2, 0.25) is 0 Å². The molecule has 1 aromatic carbocycles. The van der Waals surface area contributed by atoms with Gasteiger partial charge < -0.3 is 10.6 Å². The van der Waals surface area contributed by atoms with Crippen LogP contribution in [0.15, 0.2) is 28.7 Å². The average Bonchev–Trinajstić information content (AvgIpc) is 2.32. The van der Waals surface area contributed by atoms with Gasteiger partial charge in [0, 0.05) is 17.6 Å². The highest BCUT2D eigenvalue weighted by molar-refractivity contribution is 9.10. The summed E-state index contributed by atoms with van der Waals surface area (Å²) in [5, 5.41) is 14.0. The van der Waals surface area contributed by atoms with Crippen LogP contribution in [0.4, 0.5) is 0 Å². The number of nitrogens with zero attached hydrogens (tertiary/aromatic N) is 1. The topological polar surface area (TPSA) is 64.9 Å². The summed E-state index contributed by atoms with van der Waals surface area (Å²) in [6, 6.07) is 9.82. The Labute approximate surface area is 109 Å². The Kier molecular flexibility index (Phi) is 6.30. The van der Waals surface area contributed by atoms with Gasteiger partial charge in [-0.1, -0.05) is 34.1 Å².